The summed E-state index contributed by atoms with van der Waals surface area (Å²) in [5, 5.41) is 21.5. The molecule has 1 saturated carbocycles. The van der Waals surface area contributed by atoms with Gasteiger partial charge in [-0.3, -0.25) is 9.69 Å². The van der Waals surface area contributed by atoms with Crippen LogP contribution in [0.3, 0.4) is 0 Å². The van der Waals surface area contributed by atoms with Crippen LogP contribution < -0.4 is 5.32 Å². The molecule has 1 amide bonds. The van der Waals surface area contributed by atoms with Gasteiger partial charge in [0.2, 0.25) is 11.8 Å². The number of nitrogens with one attached hydrogen (secondary N) is 1. The molecule has 4 rings (SSSR count). The zero-order valence-electron chi connectivity index (χ0n) is 15.5. The maximum absolute atomic E-state index is 13.1. The fraction of sp³-hybridized carbons (Fsp3) is 0.389. The third kappa shape index (κ3) is 5.74. The molecule has 1 aromatic heterocycles. The molecule has 160 valence electrons. The Labute approximate surface area is 174 Å². The summed E-state index contributed by atoms with van der Waals surface area (Å²) in [6.07, 6.45) is 2.28. The second-order valence-electron chi connectivity index (χ2n) is 6.94. The first kappa shape index (κ1) is 21.7. The molecule has 30 heavy (non-hydrogen) atoms. The van der Waals surface area contributed by atoms with Gasteiger partial charge in [0.05, 0.1) is 17.5 Å². The molecule has 0 radical (unpaired) electrons. The number of likely N-dealkylation sites (tertiary alicyclic amines) is 1. The van der Waals surface area contributed by atoms with Crippen LogP contribution in [-0.4, -0.2) is 62.7 Å². The minimum absolute atomic E-state index is 0.0142. The van der Waals surface area contributed by atoms with Gasteiger partial charge in [0.1, 0.15) is 5.82 Å². The van der Waals surface area contributed by atoms with Crippen molar-refractivity contribution in [3.05, 3.63) is 40.8 Å². The van der Waals surface area contributed by atoms with Crippen LogP contribution >= 0.6 is 11.6 Å². The Bertz CT molecular complexity index is 946. The molecule has 2 heterocycles. The summed E-state index contributed by atoms with van der Waals surface area (Å²) in [6.45, 7) is 1.68. The summed E-state index contributed by atoms with van der Waals surface area (Å²) >= 11 is 5.70. The first-order valence-electron chi connectivity index (χ1n) is 9.00. The molecule has 3 N–H and O–H groups in total. The van der Waals surface area contributed by atoms with Gasteiger partial charge in [-0.1, -0.05) is 16.8 Å². The number of anilines is 1. The molecule has 1 saturated heterocycles. The zero-order valence-corrected chi connectivity index (χ0v) is 16.3. The Morgan fingerprint density at radius 3 is 2.43 bits per heavy atom. The van der Waals surface area contributed by atoms with Gasteiger partial charge in [-0.2, -0.15) is 4.98 Å². The van der Waals surface area contributed by atoms with Crippen LogP contribution in [0.15, 0.2) is 22.7 Å². The number of nitrogens with zero attached hydrogens (tertiary/aromatic N) is 3. The Morgan fingerprint density at radius 2 is 1.87 bits per heavy atom. The number of carboxylic acid groups (broad SMARTS) is 2. The van der Waals surface area contributed by atoms with Gasteiger partial charge in [0, 0.05) is 24.7 Å². The van der Waals surface area contributed by atoms with Crippen molar-refractivity contribution in [2.24, 2.45) is 0 Å². The number of carboxylic acids is 2. The second-order valence-corrected chi connectivity index (χ2v) is 7.35. The molecule has 2 aromatic rings. The Hall–Kier alpha value is -3.05. The molecule has 10 nitrogen and oxygen atoms in total. The number of carbonyl (C=O) groups excluding carboxylic acids is 1. The van der Waals surface area contributed by atoms with E-state index >= 15 is 0 Å². The summed E-state index contributed by atoms with van der Waals surface area (Å²) in [7, 11) is 0. The van der Waals surface area contributed by atoms with Gasteiger partial charge in [0.15, 0.2) is 5.82 Å². The van der Waals surface area contributed by atoms with Gasteiger partial charge < -0.3 is 20.1 Å². The summed E-state index contributed by atoms with van der Waals surface area (Å²) in [6, 6.07) is 4.10. The number of hydrogen-bond donors (Lipinski definition) is 3. The molecular formula is C18H18ClFN4O6. The normalized spacial score (nSPS) is 16.2. The zero-order chi connectivity index (χ0) is 21.8. The largest absolute Gasteiger partial charge is 0.473 e. The summed E-state index contributed by atoms with van der Waals surface area (Å²) < 4.78 is 18.4. The number of halogens is 2. The number of hydrogen-bond acceptors (Lipinski definition) is 7. The van der Waals surface area contributed by atoms with Crippen molar-refractivity contribution in [1.82, 2.24) is 15.0 Å². The number of aliphatic carboxylic acids is 2. The number of amides is 1. The molecular weight excluding hydrogens is 423 g/mol. The maximum Gasteiger partial charge on any atom is 0.414 e. The topological polar surface area (TPSA) is 146 Å². The first-order valence-corrected chi connectivity index (χ1v) is 9.37. The highest BCUT2D eigenvalue weighted by atomic mass is 35.5. The van der Waals surface area contributed by atoms with Gasteiger partial charge >= 0.3 is 11.9 Å². The minimum Gasteiger partial charge on any atom is -0.473 e. The van der Waals surface area contributed by atoms with Crippen molar-refractivity contribution in [1.29, 1.82) is 0 Å². The lowest BCUT2D eigenvalue weighted by atomic mass is 10.0. The SMILES string of the molecule is O=C(CN1CC(c2nc(C3CC3)no2)C1)Nc1ccc(F)c(Cl)c1.O=C(O)C(=O)O. The summed E-state index contributed by atoms with van der Waals surface area (Å²) in [4.78, 5) is 36.6. The van der Waals surface area contributed by atoms with Crippen molar-refractivity contribution in [2.45, 2.75) is 24.7 Å². The minimum atomic E-state index is -1.82. The third-order valence-electron chi connectivity index (χ3n) is 4.46. The molecule has 0 atom stereocenters. The molecule has 1 aromatic carbocycles. The van der Waals surface area contributed by atoms with Crippen LogP contribution in [0.4, 0.5) is 10.1 Å². The molecule has 0 spiro atoms. The van der Waals surface area contributed by atoms with Crippen LogP contribution in [0.25, 0.3) is 0 Å². The maximum atomic E-state index is 13.1. The Balaban J connectivity index is 0.000000377. The van der Waals surface area contributed by atoms with E-state index < -0.39 is 17.8 Å². The number of aromatic nitrogens is 2. The monoisotopic (exact) mass is 440 g/mol. The van der Waals surface area contributed by atoms with E-state index in [1.54, 1.807) is 0 Å². The Morgan fingerprint density at radius 1 is 1.20 bits per heavy atom. The molecule has 1 aliphatic heterocycles. The van der Waals surface area contributed by atoms with Gasteiger partial charge in [-0.15, -0.1) is 0 Å². The summed E-state index contributed by atoms with van der Waals surface area (Å²) in [5.41, 5.74) is 0.481. The van der Waals surface area contributed by atoms with E-state index in [1.165, 1.54) is 18.2 Å². The van der Waals surface area contributed by atoms with E-state index in [4.69, 9.17) is 35.9 Å². The van der Waals surface area contributed by atoms with Gasteiger partial charge in [-0.05, 0) is 31.0 Å². The fourth-order valence-corrected chi connectivity index (χ4v) is 2.93. The van der Waals surface area contributed by atoms with E-state index in [-0.39, 0.29) is 23.4 Å². The van der Waals surface area contributed by atoms with Crippen molar-refractivity contribution in [2.75, 3.05) is 25.0 Å². The highest BCUT2D eigenvalue weighted by molar-refractivity contribution is 6.31. The van der Waals surface area contributed by atoms with Crippen LogP contribution in [0, 0.1) is 5.82 Å². The average molecular weight is 441 g/mol. The Kier molecular flexibility index (Phi) is 6.63. The fourth-order valence-electron chi connectivity index (χ4n) is 2.75. The van der Waals surface area contributed by atoms with Crippen molar-refractivity contribution in [3.8, 4) is 0 Å². The van der Waals surface area contributed by atoms with Crippen molar-refractivity contribution in [3.63, 3.8) is 0 Å². The van der Waals surface area contributed by atoms with Crippen molar-refractivity contribution >= 4 is 35.1 Å². The number of benzene rings is 1. The molecule has 0 unspecified atom stereocenters. The number of rotatable bonds is 5. The van der Waals surface area contributed by atoms with Gasteiger partial charge in [0.25, 0.3) is 0 Å². The standard InChI is InChI=1S/C16H16ClFN4O2.C2H2O4/c17-12-5-11(3-4-13(12)18)19-14(23)8-22-6-10(7-22)16-20-15(21-24-16)9-1-2-9;3-1(4)2(5)6/h3-5,9-10H,1-2,6-8H2,(H,19,23);(H,3,4)(H,5,6). The van der Waals surface area contributed by atoms with Crippen LogP contribution in [0.5, 0.6) is 0 Å². The van der Waals surface area contributed by atoms with Crippen LogP contribution in [0.1, 0.15) is 36.4 Å². The lowest BCUT2D eigenvalue weighted by molar-refractivity contribution is -0.159. The first-order chi connectivity index (χ1) is 14.2. The van der Waals surface area contributed by atoms with E-state index in [0.717, 1.165) is 18.7 Å². The molecule has 12 heteroatoms. The average Bonchev–Trinajstić information content (AvgIpc) is 3.39. The van der Waals surface area contributed by atoms with Crippen molar-refractivity contribution < 1.29 is 33.5 Å². The van der Waals surface area contributed by atoms with Crippen LogP contribution in [-0.2, 0) is 14.4 Å². The highest BCUT2D eigenvalue weighted by Crippen LogP contribution is 2.39. The quantitative estimate of drug-likeness (QED) is 0.593. The lowest BCUT2D eigenvalue weighted by Gasteiger charge is -2.36. The van der Waals surface area contributed by atoms with E-state index in [2.05, 4.69) is 15.5 Å². The molecule has 0 bridgehead atoms. The third-order valence-corrected chi connectivity index (χ3v) is 4.75. The smallest absolute Gasteiger partial charge is 0.414 e. The summed E-state index contributed by atoms with van der Waals surface area (Å²) in [5.74, 6) is -2.17. The predicted octanol–water partition coefficient (Wildman–Crippen LogP) is 1.93. The predicted molar refractivity (Wildman–Crippen MR) is 101 cm³/mol. The lowest BCUT2D eigenvalue weighted by Crippen LogP contribution is -2.48. The van der Waals surface area contributed by atoms with E-state index in [9.17, 15) is 9.18 Å². The van der Waals surface area contributed by atoms with E-state index in [0.29, 0.717) is 30.6 Å². The highest BCUT2D eigenvalue weighted by Gasteiger charge is 2.35. The molecule has 1 aliphatic carbocycles. The molecule has 2 fully saturated rings. The van der Waals surface area contributed by atoms with E-state index in [1.807, 2.05) is 4.90 Å². The van der Waals surface area contributed by atoms with Crippen LogP contribution in [0.2, 0.25) is 5.02 Å². The van der Waals surface area contributed by atoms with Gasteiger partial charge in [-0.25, -0.2) is 14.0 Å². The number of carbonyl (C=O) groups is 3. The molecule has 2 aliphatic rings. The second kappa shape index (κ2) is 9.18.